The average Bonchev–Trinajstić information content (AvgIpc) is 2.32. The molecule has 6 heteroatoms. The van der Waals surface area contributed by atoms with E-state index in [0.717, 1.165) is 0 Å². The van der Waals surface area contributed by atoms with Crippen LogP contribution in [0.25, 0.3) is 11.3 Å². The van der Waals surface area contributed by atoms with Crippen LogP contribution < -0.4 is 4.74 Å². The summed E-state index contributed by atoms with van der Waals surface area (Å²) >= 11 is 10.8. The van der Waals surface area contributed by atoms with Gasteiger partial charge in [-0.3, -0.25) is 0 Å². The topological polar surface area (TPSA) is 37.9 Å². The molecule has 0 atom stereocenters. The largest absolute Gasteiger partial charge is 0.491 e. The number of hydrogen-bond acceptors (Lipinski definition) is 3. The molecule has 2 aromatic rings. The average molecular weight is 271 g/mol. The van der Waals surface area contributed by atoms with Crippen molar-refractivity contribution in [1.29, 1.82) is 0 Å². The van der Waals surface area contributed by atoms with Gasteiger partial charge in [0.1, 0.15) is 5.82 Å². The van der Waals surface area contributed by atoms with Crippen LogP contribution in [0.1, 0.15) is 0 Å². The van der Waals surface area contributed by atoms with Crippen molar-refractivity contribution in [3.63, 3.8) is 0 Å². The summed E-state index contributed by atoms with van der Waals surface area (Å²) in [5.74, 6) is -0.0350. The highest BCUT2D eigenvalue weighted by molar-refractivity contribution is 7.71. The molecule has 0 spiro atoms. The van der Waals surface area contributed by atoms with Crippen LogP contribution in [0, 0.1) is 10.5 Å². The molecule has 2 rings (SSSR count). The summed E-state index contributed by atoms with van der Waals surface area (Å²) in [5.41, 5.74) is 1.30. The first kappa shape index (κ1) is 12.0. The van der Waals surface area contributed by atoms with Crippen molar-refractivity contribution in [2.75, 3.05) is 7.11 Å². The molecule has 88 valence electrons. The molecule has 0 saturated heterocycles. The Balaban J connectivity index is 2.64. The van der Waals surface area contributed by atoms with E-state index in [1.165, 1.54) is 25.6 Å². The number of benzene rings is 1. The van der Waals surface area contributed by atoms with E-state index >= 15 is 0 Å². The number of nitrogens with one attached hydrogen (secondary N) is 1. The smallest absolute Gasteiger partial charge is 0.179 e. The van der Waals surface area contributed by atoms with Gasteiger partial charge in [0.25, 0.3) is 0 Å². The lowest BCUT2D eigenvalue weighted by Gasteiger charge is -2.08. The third kappa shape index (κ3) is 2.30. The maximum atomic E-state index is 13.1. The van der Waals surface area contributed by atoms with Crippen LogP contribution in [-0.2, 0) is 0 Å². The fraction of sp³-hybridized carbons (Fsp3) is 0.0909. The first-order chi connectivity index (χ1) is 8.13. The fourth-order valence-electron chi connectivity index (χ4n) is 1.44. The molecular formula is C11H8ClFN2OS. The highest BCUT2D eigenvalue weighted by atomic mass is 35.5. The molecule has 17 heavy (non-hydrogen) atoms. The Kier molecular flexibility index (Phi) is 3.40. The van der Waals surface area contributed by atoms with Gasteiger partial charge in [-0.05, 0) is 18.2 Å². The van der Waals surface area contributed by atoms with Crippen molar-refractivity contribution in [1.82, 2.24) is 9.97 Å². The van der Waals surface area contributed by atoms with Crippen LogP contribution >= 0.6 is 23.8 Å². The minimum Gasteiger partial charge on any atom is -0.491 e. The first-order valence-corrected chi connectivity index (χ1v) is 5.49. The number of methoxy groups -OCH3 is 1. The maximum Gasteiger partial charge on any atom is 0.179 e. The Morgan fingerprint density at radius 1 is 1.47 bits per heavy atom. The zero-order chi connectivity index (χ0) is 12.4. The number of nitrogens with zero attached hydrogens (tertiary/aromatic N) is 1. The number of halogens is 2. The monoisotopic (exact) mass is 270 g/mol. The van der Waals surface area contributed by atoms with E-state index in [1.807, 2.05) is 0 Å². The molecule has 0 bridgehead atoms. The van der Waals surface area contributed by atoms with Crippen LogP contribution in [0.4, 0.5) is 4.39 Å². The molecule has 0 unspecified atom stereocenters. The summed E-state index contributed by atoms with van der Waals surface area (Å²) in [6.07, 6.45) is 1.46. The van der Waals surface area contributed by atoms with Crippen molar-refractivity contribution < 1.29 is 9.13 Å². The Morgan fingerprint density at radius 2 is 2.24 bits per heavy atom. The molecule has 0 aliphatic rings. The van der Waals surface area contributed by atoms with Gasteiger partial charge in [0, 0.05) is 5.56 Å². The summed E-state index contributed by atoms with van der Waals surface area (Å²) in [6.45, 7) is 0. The fourth-order valence-corrected chi connectivity index (χ4v) is 1.86. The van der Waals surface area contributed by atoms with Gasteiger partial charge in [-0.1, -0.05) is 23.8 Å². The Hall–Kier alpha value is -1.46. The summed E-state index contributed by atoms with van der Waals surface area (Å²) in [4.78, 5) is 6.81. The van der Waals surface area contributed by atoms with Crippen LogP contribution in [-0.4, -0.2) is 17.1 Å². The molecule has 3 nitrogen and oxygen atoms in total. The molecule has 1 aromatic carbocycles. The Morgan fingerprint density at radius 3 is 2.88 bits per heavy atom. The number of H-pyrrole nitrogens is 1. The van der Waals surface area contributed by atoms with Crippen molar-refractivity contribution in [3.05, 3.63) is 40.0 Å². The standard InChI is InChI=1S/C11H8ClFN2OS/c1-16-10-9(14-5-15-11(10)17)6-2-3-8(13)7(12)4-6/h2-5H,1H3,(H,14,15,17). The molecule has 0 fully saturated rings. The van der Waals surface area contributed by atoms with Gasteiger partial charge in [0.15, 0.2) is 10.4 Å². The van der Waals surface area contributed by atoms with Crippen molar-refractivity contribution in [3.8, 4) is 17.0 Å². The first-order valence-electron chi connectivity index (χ1n) is 4.70. The third-order valence-corrected chi connectivity index (χ3v) is 2.80. The number of aromatic amines is 1. The van der Waals surface area contributed by atoms with Crippen LogP contribution in [0.5, 0.6) is 5.75 Å². The van der Waals surface area contributed by atoms with E-state index in [1.54, 1.807) is 6.07 Å². The number of rotatable bonds is 2. The summed E-state index contributed by atoms with van der Waals surface area (Å²) < 4.78 is 18.6. The molecule has 0 saturated carbocycles. The van der Waals surface area contributed by atoms with E-state index in [2.05, 4.69) is 9.97 Å². The molecule has 0 radical (unpaired) electrons. The molecule has 1 N–H and O–H groups in total. The lowest BCUT2D eigenvalue weighted by atomic mass is 10.1. The SMILES string of the molecule is COc1c(-c2ccc(F)c(Cl)c2)[nH]cnc1=S. The van der Waals surface area contributed by atoms with Gasteiger partial charge in [-0.25, -0.2) is 9.37 Å². The highest BCUT2D eigenvalue weighted by Gasteiger charge is 2.10. The quantitative estimate of drug-likeness (QED) is 0.847. The summed E-state index contributed by atoms with van der Waals surface area (Å²) in [5, 5.41) is 0.0423. The van der Waals surface area contributed by atoms with Gasteiger partial charge in [0.05, 0.1) is 24.2 Å². The number of ether oxygens (including phenoxy) is 1. The van der Waals surface area contributed by atoms with Gasteiger partial charge < -0.3 is 9.72 Å². The van der Waals surface area contributed by atoms with E-state index in [0.29, 0.717) is 21.6 Å². The molecule has 0 aliphatic carbocycles. The molecule has 0 amide bonds. The Bertz CT molecular complexity index is 615. The summed E-state index contributed by atoms with van der Waals surface area (Å²) in [7, 11) is 1.50. The van der Waals surface area contributed by atoms with Gasteiger partial charge in [-0.15, -0.1) is 0 Å². The summed E-state index contributed by atoms with van der Waals surface area (Å²) in [6, 6.07) is 4.37. The number of hydrogen-bond donors (Lipinski definition) is 1. The minimum atomic E-state index is -0.470. The zero-order valence-electron chi connectivity index (χ0n) is 8.83. The Labute approximate surface area is 107 Å². The second-order valence-electron chi connectivity index (χ2n) is 3.24. The molecule has 1 heterocycles. The predicted molar refractivity (Wildman–Crippen MR) is 66.4 cm³/mol. The minimum absolute atomic E-state index is 0.0423. The second kappa shape index (κ2) is 4.81. The molecular weight excluding hydrogens is 263 g/mol. The van der Waals surface area contributed by atoms with Gasteiger partial charge >= 0.3 is 0 Å². The molecule has 0 aliphatic heterocycles. The van der Waals surface area contributed by atoms with Crippen LogP contribution in [0.2, 0.25) is 5.02 Å². The van der Waals surface area contributed by atoms with E-state index in [4.69, 9.17) is 28.6 Å². The number of aromatic nitrogens is 2. The zero-order valence-corrected chi connectivity index (χ0v) is 10.4. The van der Waals surface area contributed by atoms with Gasteiger partial charge in [0.2, 0.25) is 0 Å². The second-order valence-corrected chi connectivity index (χ2v) is 4.04. The van der Waals surface area contributed by atoms with E-state index in [9.17, 15) is 4.39 Å². The van der Waals surface area contributed by atoms with Gasteiger partial charge in [-0.2, -0.15) is 0 Å². The lowest BCUT2D eigenvalue weighted by molar-refractivity contribution is 0.411. The van der Waals surface area contributed by atoms with Crippen molar-refractivity contribution in [2.24, 2.45) is 0 Å². The van der Waals surface area contributed by atoms with Crippen molar-refractivity contribution in [2.45, 2.75) is 0 Å². The van der Waals surface area contributed by atoms with Crippen LogP contribution in [0.15, 0.2) is 24.5 Å². The lowest BCUT2D eigenvalue weighted by Crippen LogP contribution is -1.94. The van der Waals surface area contributed by atoms with Crippen molar-refractivity contribution >= 4 is 23.8 Å². The third-order valence-electron chi connectivity index (χ3n) is 2.22. The maximum absolute atomic E-state index is 13.1. The van der Waals surface area contributed by atoms with E-state index in [-0.39, 0.29) is 5.02 Å². The van der Waals surface area contributed by atoms with E-state index < -0.39 is 5.82 Å². The normalized spacial score (nSPS) is 10.3. The predicted octanol–water partition coefficient (Wildman–Crippen LogP) is 3.61. The molecule has 1 aromatic heterocycles. The van der Waals surface area contributed by atoms with Crippen LogP contribution in [0.3, 0.4) is 0 Å². The highest BCUT2D eigenvalue weighted by Crippen LogP contribution is 2.30.